The Morgan fingerprint density at radius 3 is 2.50 bits per heavy atom. The van der Waals surface area contributed by atoms with E-state index in [4.69, 9.17) is 5.73 Å². The predicted molar refractivity (Wildman–Crippen MR) is 66.3 cm³/mol. The molecule has 16 heavy (non-hydrogen) atoms. The Morgan fingerprint density at radius 1 is 1.12 bits per heavy atom. The van der Waals surface area contributed by atoms with Gasteiger partial charge in [0.1, 0.15) is 5.75 Å². The molecule has 2 rings (SSSR count). The largest absolute Gasteiger partial charge is 0.507 e. The Hall–Kier alpha value is -1.02. The number of hydrogen-bond donors (Lipinski definition) is 2. The molecule has 1 aromatic rings. The molecule has 1 aromatic carbocycles. The van der Waals surface area contributed by atoms with Crippen LogP contribution < -0.4 is 5.73 Å². The molecule has 3 N–H and O–H groups in total. The molecule has 0 amide bonds. The maximum absolute atomic E-state index is 10.0. The van der Waals surface area contributed by atoms with E-state index in [-0.39, 0.29) is 0 Å². The molecule has 0 bridgehead atoms. The van der Waals surface area contributed by atoms with E-state index < -0.39 is 0 Å². The van der Waals surface area contributed by atoms with Crippen LogP contribution in [-0.2, 0) is 13.0 Å². The van der Waals surface area contributed by atoms with Crippen molar-refractivity contribution in [1.82, 2.24) is 0 Å². The summed E-state index contributed by atoms with van der Waals surface area (Å²) < 4.78 is 0. The minimum absolute atomic E-state index is 0.421. The van der Waals surface area contributed by atoms with Gasteiger partial charge in [-0.3, -0.25) is 0 Å². The highest BCUT2D eigenvalue weighted by molar-refractivity contribution is 5.40. The molecule has 1 aliphatic rings. The summed E-state index contributed by atoms with van der Waals surface area (Å²) in [7, 11) is 0. The maximum Gasteiger partial charge on any atom is 0.123 e. The molecule has 0 unspecified atom stereocenters. The second-order valence-corrected chi connectivity index (χ2v) is 4.84. The van der Waals surface area contributed by atoms with Crippen LogP contribution in [0.4, 0.5) is 0 Å². The maximum atomic E-state index is 10.0. The molecule has 0 radical (unpaired) electrons. The standard InChI is InChI=1S/C14H21NO/c15-10-13-8-4-7-12(14(13)16)9-11-5-2-1-3-6-11/h4,7-8,11,16H,1-3,5-6,9-10,15H2. The molecule has 2 heteroatoms. The number of benzene rings is 1. The van der Waals surface area contributed by atoms with E-state index in [0.717, 1.165) is 23.5 Å². The van der Waals surface area contributed by atoms with Crippen molar-refractivity contribution in [2.45, 2.75) is 45.1 Å². The molecule has 1 fully saturated rings. The van der Waals surface area contributed by atoms with E-state index in [1.807, 2.05) is 18.2 Å². The number of phenolic OH excluding ortho intramolecular Hbond substituents is 1. The second-order valence-electron chi connectivity index (χ2n) is 4.84. The lowest BCUT2D eigenvalue weighted by molar-refractivity contribution is 0.351. The first kappa shape index (κ1) is 11.5. The third-order valence-corrected chi connectivity index (χ3v) is 3.66. The number of hydrogen-bond acceptors (Lipinski definition) is 2. The first-order chi connectivity index (χ1) is 7.81. The molecule has 0 aromatic heterocycles. The van der Waals surface area contributed by atoms with Gasteiger partial charge in [-0.2, -0.15) is 0 Å². The summed E-state index contributed by atoms with van der Waals surface area (Å²) in [5.74, 6) is 1.18. The lowest BCUT2D eigenvalue weighted by Gasteiger charge is -2.22. The predicted octanol–water partition coefficient (Wildman–Crippen LogP) is 2.97. The van der Waals surface area contributed by atoms with E-state index in [1.165, 1.54) is 32.1 Å². The Kier molecular flexibility index (Phi) is 3.83. The number of para-hydroxylation sites is 1. The average Bonchev–Trinajstić information content (AvgIpc) is 2.33. The smallest absolute Gasteiger partial charge is 0.123 e. The topological polar surface area (TPSA) is 46.2 Å². The van der Waals surface area contributed by atoms with Crippen molar-refractivity contribution in [2.75, 3.05) is 0 Å². The molecule has 0 spiro atoms. The van der Waals surface area contributed by atoms with Crippen molar-refractivity contribution in [2.24, 2.45) is 11.7 Å². The Balaban J connectivity index is 2.08. The van der Waals surface area contributed by atoms with Crippen LogP contribution in [0.15, 0.2) is 18.2 Å². The highest BCUT2D eigenvalue weighted by atomic mass is 16.3. The molecule has 0 aliphatic heterocycles. The second kappa shape index (κ2) is 5.35. The summed E-state index contributed by atoms with van der Waals surface area (Å²) in [6, 6.07) is 5.93. The van der Waals surface area contributed by atoms with Gasteiger partial charge in [0.05, 0.1) is 0 Å². The molecule has 0 heterocycles. The third kappa shape index (κ3) is 2.56. The monoisotopic (exact) mass is 219 g/mol. The van der Waals surface area contributed by atoms with Crippen LogP contribution in [0, 0.1) is 5.92 Å². The van der Waals surface area contributed by atoms with Gasteiger partial charge in [0.2, 0.25) is 0 Å². The molecule has 0 saturated heterocycles. The highest BCUT2D eigenvalue weighted by Gasteiger charge is 2.16. The third-order valence-electron chi connectivity index (χ3n) is 3.66. The van der Waals surface area contributed by atoms with Gasteiger partial charge in [-0.15, -0.1) is 0 Å². The minimum Gasteiger partial charge on any atom is -0.507 e. The van der Waals surface area contributed by atoms with E-state index in [1.54, 1.807) is 0 Å². The van der Waals surface area contributed by atoms with Gasteiger partial charge in [0, 0.05) is 12.1 Å². The first-order valence-electron chi connectivity index (χ1n) is 6.31. The van der Waals surface area contributed by atoms with Crippen LogP contribution in [0.5, 0.6) is 5.75 Å². The Morgan fingerprint density at radius 2 is 1.81 bits per heavy atom. The van der Waals surface area contributed by atoms with Gasteiger partial charge >= 0.3 is 0 Å². The van der Waals surface area contributed by atoms with Crippen LogP contribution in [0.3, 0.4) is 0 Å². The summed E-state index contributed by atoms with van der Waals surface area (Å²) in [4.78, 5) is 0. The van der Waals surface area contributed by atoms with Gasteiger partial charge in [-0.1, -0.05) is 50.3 Å². The number of phenols is 1. The molecular weight excluding hydrogens is 198 g/mol. The van der Waals surface area contributed by atoms with Crippen LogP contribution in [0.25, 0.3) is 0 Å². The summed E-state index contributed by atoms with van der Waals surface area (Å²) in [5, 5.41) is 10.0. The van der Waals surface area contributed by atoms with Crippen LogP contribution in [0.2, 0.25) is 0 Å². The number of aromatic hydroxyl groups is 1. The van der Waals surface area contributed by atoms with Crippen LogP contribution in [-0.4, -0.2) is 5.11 Å². The first-order valence-corrected chi connectivity index (χ1v) is 6.31. The minimum atomic E-state index is 0.421. The van der Waals surface area contributed by atoms with Crippen LogP contribution in [0.1, 0.15) is 43.2 Å². The average molecular weight is 219 g/mol. The molecule has 1 aliphatic carbocycles. The zero-order valence-electron chi connectivity index (χ0n) is 9.78. The highest BCUT2D eigenvalue weighted by Crippen LogP contribution is 2.31. The van der Waals surface area contributed by atoms with Gasteiger partial charge in [0.15, 0.2) is 0 Å². The number of nitrogens with two attached hydrogens (primary N) is 1. The van der Waals surface area contributed by atoms with Gasteiger partial charge < -0.3 is 10.8 Å². The van der Waals surface area contributed by atoms with E-state index in [2.05, 4.69) is 0 Å². The molecular formula is C14H21NO. The SMILES string of the molecule is NCc1cccc(CC2CCCCC2)c1O. The fraction of sp³-hybridized carbons (Fsp3) is 0.571. The van der Waals surface area contributed by atoms with Gasteiger partial charge in [0.25, 0.3) is 0 Å². The zero-order chi connectivity index (χ0) is 11.4. The van der Waals surface area contributed by atoms with Crippen molar-refractivity contribution in [3.8, 4) is 5.75 Å². The zero-order valence-corrected chi connectivity index (χ0v) is 9.78. The fourth-order valence-electron chi connectivity index (χ4n) is 2.68. The van der Waals surface area contributed by atoms with Crippen molar-refractivity contribution in [1.29, 1.82) is 0 Å². The lowest BCUT2D eigenvalue weighted by atomic mass is 9.84. The van der Waals surface area contributed by atoms with E-state index in [9.17, 15) is 5.11 Å². The van der Waals surface area contributed by atoms with E-state index in [0.29, 0.717) is 12.3 Å². The molecule has 0 atom stereocenters. The molecule has 1 saturated carbocycles. The molecule has 88 valence electrons. The Labute approximate surface area is 97.5 Å². The van der Waals surface area contributed by atoms with Crippen molar-refractivity contribution in [3.05, 3.63) is 29.3 Å². The summed E-state index contributed by atoms with van der Waals surface area (Å²) in [6.45, 7) is 0.421. The van der Waals surface area contributed by atoms with E-state index >= 15 is 0 Å². The van der Waals surface area contributed by atoms with Gasteiger partial charge in [-0.25, -0.2) is 0 Å². The Bertz CT molecular complexity index is 343. The summed E-state index contributed by atoms with van der Waals surface area (Å²) >= 11 is 0. The van der Waals surface area contributed by atoms with Crippen molar-refractivity contribution in [3.63, 3.8) is 0 Å². The van der Waals surface area contributed by atoms with Crippen molar-refractivity contribution >= 4 is 0 Å². The van der Waals surface area contributed by atoms with Crippen molar-refractivity contribution < 1.29 is 5.11 Å². The fourth-order valence-corrected chi connectivity index (χ4v) is 2.68. The van der Waals surface area contributed by atoms with Crippen LogP contribution >= 0.6 is 0 Å². The quantitative estimate of drug-likeness (QED) is 0.821. The summed E-state index contributed by atoms with van der Waals surface area (Å²) in [6.07, 6.45) is 7.72. The van der Waals surface area contributed by atoms with Gasteiger partial charge in [-0.05, 0) is 17.9 Å². The molecule has 2 nitrogen and oxygen atoms in total. The normalized spacial score (nSPS) is 17.6. The summed E-state index contributed by atoms with van der Waals surface area (Å²) in [5.41, 5.74) is 7.54. The lowest BCUT2D eigenvalue weighted by Crippen LogP contribution is -2.10. The number of rotatable bonds is 3.